The molecule has 0 saturated carbocycles. The monoisotopic (exact) mass is 181 g/mol. The van der Waals surface area contributed by atoms with Crippen LogP contribution < -0.4 is 5.73 Å². The minimum absolute atomic E-state index is 0.144. The van der Waals surface area contributed by atoms with Gasteiger partial charge in [0.25, 0.3) is 0 Å². The number of imidazole rings is 1. The molecule has 0 spiro atoms. The maximum absolute atomic E-state index is 13.0. The molecule has 1 aliphatic carbocycles. The maximum Gasteiger partial charge on any atom is 0.124 e. The van der Waals surface area contributed by atoms with E-state index < -0.39 is 6.17 Å². The molecule has 3 nitrogen and oxygen atoms in total. The number of halogens is 1. The van der Waals surface area contributed by atoms with Crippen molar-refractivity contribution in [1.29, 1.82) is 0 Å². The van der Waals surface area contributed by atoms with Gasteiger partial charge in [-0.05, 0) is 19.1 Å². The number of hydrogen-bond acceptors (Lipinski definition) is 2. The molecule has 0 saturated heterocycles. The summed E-state index contributed by atoms with van der Waals surface area (Å²) in [5.74, 6) is 0. The molecular formula is C9H12FN3. The van der Waals surface area contributed by atoms with Gasteiger partial charge in [0, 0.05) is 12.1 Å². The molecule has 4 heteroatoms. The lowest BCUT2D eigenvalue weighted by molar-refractivity contribution is 0.384. The van der Waals surface area contributed by atoms with Crippen LogP contribution in [-0.2, 0) is 6.42 Å². The van der Waals surface area contributed by atoms with Crippen LogP contribution in [0.25, 0.3) is 6.08 Å². The number of aromatic nitrogens is 2. The summed E-state index contributed by atoms with van der Waals surface area (Å²) < 4.78 is 14.8. The molecule has 0 radical (unpaired) electrons. The van der Waals surface area contributed by atoms with Crippen LogP contribution in [0.15, 0.2) is 12.4 Å². The second-order valence-corrected chi connectivity index (χ2v) is 3.30. The van der Waals surface area contributed by atoms with Gasteiger partial charge in [-0.3, -0.25) is 0 Å². The third-order valence-corrected chi connectivity index (χ3v) is 2.22. The van der Waals surface area contributed by atoms with Gasteiger partial charge in [0.15, 0.2) is 0 Å². The van der Waals surface area contributed by atoms with Crippen molar-refractivity contribution in [2.75, 3.05) is 0 Å². The quantitative estimate of drug-likeness (QED) is 0.709. The van der Waals surface area contributed by atoms with Gasteiger partial charge in [0.2, 0.25) is 0 Å². The zero-order valence-electron chi connectivity index (χ0n) is 7.44. The van der Waals surface area contributed by atoms with Gasteiger partial charge in [0.05, 0.1) is 18.2 Å². The van der Waals surface area contributed by atoms with E-state index in [1.165, 1.54) is 6.08 Å². The van der Waals surface area contributed by atoms with Crippen LogP contribution in [0.1, 0.15) is 24.5 Å². The Labute approximate surface area is 76.1 Å². The zero-order chi connectivity index (χ0) is 9.42. The average Bonchev–Trinajstić information content (AvgIpc) is 2.46. The SMILES string of the molecule is CC(N)n1cnc2c1CC(F)C=C2. The Morgan fingerprint density at radius 1 is 1.77 bits per heavy atom. The predicted molar refractivity (Wildman–Crippen MR) is 48.8 cm³/mol. The molecule has 2 unspecified atom stereocenters. The molecule has 0 aliphatic heterocycles. The standard InChI is InChI=1S/C9H12FN3/c1-6(11)13-5-12-8-3-2-7(10)4-9(8)13/h2-3,5-7H,4,11H2,1H3. The van der Waals surface area contributed by atoms with Crippen LogP contribution in [0.4, 0.5) is 4.39 Å². The second kappa shape index (κ2) is 2.96. The molecule has 70 valence electrons. The maximum atomic E-state index is 13.0. The first kappa shape index (κ1) is 8.44. The molecular weight excluding hydrogens is 169 g/mol. The van der Waals surface area contributed by atoms with Crippen LogP contribution in [0.5, 0.6) is 0 Å². The first-order chi connectivity index (χ1) is 6.18. The number of nitrogens with two attached hydrogens (primary N) is 1. The van der Waals surface area contributed by atoms with Gasteiger partial charge in [-0.2, -0.15) is 0 Å². The predicted octanol–water partition coefficient (Wildman–Crippen LogP) is 1.27. The molecule has 1 aromatic heterocycles. The third kappa shape index (κ3) is 1.37. The topological polar surface area (TPSA) is 43.8 Å². The number of alkyl halides is 1. The van der Waals surface area contributed by atoms with Crippen LogP contribution in [0.3, 0.4) is 0 Å². The molecule has 0 amide bonds. The van der Waals surface area contributed by atoms with Crippen molar-refractivity contribution in [3.63, 3.8) is 0 Å². The minimum Gasteiger partial charge on any atom is -0.318 e. The van der Waals surface area contributed by atoms with E-state index >= 15 is 0 Å². The Morgan fingerprint density at radius 2 is 2.54 bits per heavy atom. The largest absolute Gasteiger partial charge is 0.318 e. The highest BCUT2D eigenvalue weighted by Gasteiger charge is 2.18. The number of nitrogens with zero attached hydrogens (tertiary/aromatic N) is 2. The second-order valence-electron chi connectivity index (χ2n) is 3.30. The fraction of sp³-hybridized carbons (Fsp3) is 0.444. The molecule has 0 fully saturated rings. The minimum atomic E-state index is -0.901. The Hall–Kier alpha value is -1.16. The lowest BCUT2D eigenvalue weighted by atomic mass is 10.1. The average molecular weight is 181 g/mol. The van der Waals surface area contributed by atoms with E-state index in [1.54, 1.807) is 12.4 Å². The van der Waals surface area contributed by atoms with Crippen LogP contribution in [0, 0.1) is 0 Å². The zero-order valence-corrected chi connectivity index (χ0v) is 7.44. The van der Waals surface area contributed by atoms with Crippen molar-refractivity contribution in [2.24, 2.45) is 5.73 Å². The summed E-state index contributed by atoms with van der Waals surface area (Å²) >= 11 is 0. The Kier molecular flexibility index (Phi) is 1.92. The highest BCUT2D eigenvalue weighted by atomic mass is 19.1. The van der Waals surface area contributed by atoms with E-state index in [1.807, 2.05) is 11.5 Å². The van der Waals surface area contributed by atoms with Crippen molar-refractivity contribution >= 4 is 6.08 Å². The Bertz CT molecular complexity index is 341. The van der Waals surface area contributed by atoms with E-state index in [4.69, 9.17) is 5.73 Å². The van der Waals surface area contributed by atoms with Gasteiger partial charge >= 0.3 is 0 Å². The summed E-state index contributed by atoms with van der Waals surface area (Å²) in [7, 11) is 0. The summed E-state index contributed by atoms with van der Waals surface area (Å²) in [6, 6.07) is 0. The third-order valence-electron chi connectivity index (χ3n) is 2.22. The van der Waals surface area contributed by atoms with Crippen LogP contribution in [-0.4, -0.2) is 15.7 Å². The molecule has 2 atom stereocenters. The van der Waals surface area contributed by atoms with Crippen molar-refractivity contribution < 1.29 is 4.39 Å². The van der Waals surface area contributed by atoms with Crippen molar-refractivity contribution in [1.82, 2.24) is 9.55 Å². The van der Waals surface area contributed by atoms with Crippen molar-refractivity contribution in [2.45, 2.75) is 25.7 Å². The fourth-order valence-electron chi connectivity index (χ4n) is 1.55. The molecule has 1 heterocycles. The summed E-state index contributed by atoms with van der Waals surface area (Å²) in [4.78, 5) is 4.14. The summed E-state index contributed by atoms with van der Waals surface area (Å²) in [5, 5.41) is 0. The molecule has 0 bridgehead atoms. The van der Waals surface area contributed by atoms with Crippen molar-refractivity contribution in [3.8, 4) is 0 Å². The van der Waals surface area contributed by atoms with Crippen LogP contribution >= 0.6 is 0 Å². The summed E-state index contributed by atoms with van der Waals surface area (Å²) in [6.45, 7) is 1.85. The molecule has 0 aromatic carbocycles. The van der Waals surface area contributed by atoms with Gasteiger partial charge in [-0.1, -0.05) is 0 Å². The fourth-order valence-corrected chi connectivity index (χ4v) is 1.55. The van der Waals surface area contributed by atoms with E-state index in [0.717, 1.165) is 11.4 Å². The number of rotatable bonds is 1. The molecule has 13 heavy (non-hydrogen) atoms. The number of hydrogen-bond donors (Lipinski definition) is 1. The molecule has 2 rings (SSSR count). The molecule has 1 aromatic rings. The van der Waals surface area contributed by atoms with Crippen molar-refractivity contribution in [3.05, 3.63) is 23.8 Å². The smallest absolute Gasteiger partial charge is 0.124 e. The highest BCUT2D eigenvalue weighted by molar-refractivity contribution is 5.51. The first-order valence-electron chi connectivity index (χ1n) is 4.32. The highest BCUT2D eigenvalue weighted by Crippen LogP contribution is 2.21. The number of allylic oxidation sites excluding steroid dienone is 1. The van der Waals surface area contributed by atoms with Gasteiger partial charge < -0.3 is 10.3 Å². The van der Waals surface area contributed by atoms with E-state index in [0.29, 0.717) is 6.42 Å². The number of fused-ring (bicyclic) bond motifs is 1. The van der Waals surface area contributed by atoms with Gasteiger partial charge in [-0.15, -0.1) is 0 Å². The van der Waals surface area contributed by atoms with Gasteiger partial charge in [0.1, 0.15) is 6.17 Å². The lowest BCUT2D eigenvalue weighted by Gasteiger charge is -2.15. The van der Waals surface area contributed by atoms with E-state index in [2.05, 4.69) is 4.98 Å². The Morgan fingerprint density at radius 3 is 3.23 bits per heavy atom. The van der Waals surface area contributed by atoms with Crippen LogP contribution in [0.2, 0.25) is 0 Å². The molecule has 1 aliphatic rings. The first-order valence-corrected chi connectivity index (χ1v) is 4.32. The van der Waals surface area contributed by atoms with E-state index in [9.17, 15) is 4.39 Å². The lowest BCUT2D eigenvalue weighted by Crippen LogP contribution is -2.19. The molecule has 2 N–H and O–H groups in total. The van der Waals surface area contributed by atoms with Gasteiger partial charge in [-0.25, -0.2) is 9.37 Å². The van der Waals surface area contributed by atoms with E-state index in [-0.39, 0.29) is 6.17 Å². The summed E-state index contributed by atoms with van der Waals surface area (Å²) in [5.41, 5.74) is 7.44. The normalized spacial score (nSPS) is 22.8. The Balaban J connectivity index is 2.43. The summed E-state index contributed by atoms with van der Waals surface area (Å²) in [6.07, 6.45) is 4.24.